The Hall–Kier alpha value is -3.61. The van der Waals surface area contributed by atoms with Gasteiger partial charge in [-0.2, -0.15) is 0 Å². The Balaban J connectivity index is 1.65. The minimum atomic E-state index is -3.75. The fourth-order valence-electron chi connectivity index (χ4n) is 4.81. The minimum Gasteiger partial charge on any atom is -0.468 e. The van der Waals surface area contributed by atoms with Crippen molar-refractivity contribution in [3.63, 3.8) is 0 Å². The van der Waals surface area contributed by atoms with Gasteiger partial charge in [-0.05, 0) is 51.4 Å². The summed E-state index contributed by atoms with van der Waals surface area (Å²) in [7, 11) is -2.54. The van der Waals surface area contributed by atoms with Gasteiger partial charge in [0.1, 0.15) is 12.8 Å². The van der Waals surface area contributed by atoms with Gasteiger partial charge in [0.15, 0.2) is 0 Å². The van der Waals surface area contributed by atoms with Gasteiger partial charge in [-0.15, -0.1) is 0 Å². The maximum absolute atomic E-state index is 13.5. The molecule has 0 aromatic carbocycles. The Morgan fingerprint density at radius 2 is 1.61 bits per heavy atom. The molecule has 0 aliphatic carbocycles. The Bertz CT molecular complexity index is 1450. The van der Waals surface area contributed by atoms with Gasteiger partial charge in [0.2, 0.25) is 5.91 Å². The van der Waals surface area contributed by atoms with E-state index in [0.29, 0.717) is 19.3 Å². The minimum absolute atomic E-state index is 0.0937. The first-order valence-electron chi connectivity index (χ1n) is 17.0. The molecule has 49 heavy (non-hydrogen) atoms. The largest absolute Gasteiger partial charge is 0.468 e. The fourth-order valence-corrected chi connectivity index (χ4v) is 6.23. The quantitative estimate of drug-likeness (QED) is 0.0499. The molecule has 2 heterocycles. The molecule has 272 valence electrons. The second-order valence-electron chi connectivity index (χ2n) is 11.5. The summed E-state index contributed by atoms with van der Waals surface area (Å²) in [6.45, 7) is 3.87. The van der Waals surface area contributed by atoms with Gasteiger partial charge in [0.25, 0.3) is 5.56 Å². The lowest BCUT2D eigenvalue weighted by Crippen LogP contribution is -2.35. The Kier molecular flexibility index (Phi) is 20.8. The van der Waals surface area contributed by atoms with Crippen LogP contribution in [0.2, 0.25) is 0 Å². The standard InChI is InChI=1S/C35H54N5O8P/c1-4-5-6-7-8-9-10-11-12-13-14-15-16-17-18-19-20-21-31(41)36-23-24-37-49(45,38-27-33(43)46-3)47-28-30-26-29(2)34(48-30)40-25-22-32(42)39-35(40)44/h5-6,8-9,11-12,14-15,17-18,22,25,29-30,34H,4,7,10,13,16,19-21,23-24,26-28H2,1-3H3,(H,36,41)(H2,37,38,45)(H,39,42,44)/b6-5-,9-8-,12-11-,15-14-,18-17-. The van der Waals surface area contributed by atoms with Gasteiger partial charge < -0.3 is 19.3 Å². The van der Waals surface area contributed by atoms with Crippen LogP contribution < -0.4 is 26.7 Å². The zero-order valence-corrected chi connectivity index (χ0v) is 29.9. The lowest BCUT2D eigenvalue weighted by molar-refractivity contribution is -0.139. The molecular weight excluding hydrogens is 649 g/mol. The van der Waals surface area contributed by atoms with E-state index >= 15 is 0 Å². The fraction of sp³-hybridized carbons (Fsp3) is 0.543. The number of methoxy groups -OCH3 is 1. The third-order valence-corrected chi connectivity index (χ3v) is 9.11. The lowest BCUT2D eigenvalue weighted by atomic mass is 10.1. The number of rotatable bonds is 24. The van der Waals surface area contributed by atoms with E-state index in [1.807, 2.05) is 6.92 Å². The van der Waals surface area contributed by atoms with Crippen LogP contribution in [-0.4, -0.2) is 60.9 Å². The molecule has 1 aliphatic rings. The smallest absolute Gasteiger partial charge is 0.341 e. The molecule has 4 N–H and O–H groups in total. The molecule has 0 saturated carbocycles. The number of nitrogens with one attached hydrogen (secondary N) is 4. The number of nitrogens with zero attached hydrogens (tertiary/aromatic N) is 1. The number of aromatic nitrogens is 2. The van der Waals surface area contributed by atoms with Crippen LogP contribution in [0.15, 0.2) is 82.6 Å². The van der Waals surface area contributed by atoms with Crippen molar-refractivity contribution in [3.8, 4) is 0 Å². The molecule has 1 aromatic heterocycles. The highest BCUT2D eigenvalue weighted by Crippen LogP contribution is 2.40. The van der Waals surface area contributed by atoms with Crippen LogP contribution in [0.4, 0.5) is 0 Å². The first kappa shape index (κ1) is 41.6. The van der Waals surface area contributed by atoms with Gasteiger partial charge in [-0.25, -0.2) is 15.0 Å². The SMILES string of the molecule is CC/C=C\C/C=C\C/C=C\C/C=C\C/C=C\CCCC(=O)NCCNP(=O)(NCC(=O)OC)OCC1CC(C)C(n2ccc(=O)[nH]c2=O)O1. The van der Waals surface area contributed by atoms with Gasteiger partial charge >= 0.3 is 19.3 Å². The highest BCUT2D eigenvalue weighted by atomic mass is 31.2. The van der Waals surface area contributed by atoms with Crippen molar-refractivity contribution in [2.45, 2.75) is 84.0 Å². The maximum atomic E-state index is 13.5. The first-order chi connectivity index (χ1) is 23.7. The van der Waals surface area contributed by atoms with E-state index in [4.69, 9.17) is 9.26 Å². The number of amides is 1. The lowest BCUT2D eigenvalue weighted by Gasteiger charge is -2.22. The number of hydrogen-bond acceptors (Lipinski definition) is 8. The van der Waals surface area contributed by atoms with E-state index < -0.39 is 37.2 Å². The summed E-state index contributed by atoms with van der Waals surface area (Å²) in [5, 5.41) is 8.15. The second-order valence-corrected chi connectivity index (χ2v) is 13.5. The topological polar surface area (TPSA) is 170 Å². The number of carbonyl (C=O) groups is 2. The van der Waals surface area contributed by atoms with Crippen molar-refractivity contribution >= 4 is 19.5 Å². The second kappa shape index (κ2) is 24.5. The van der Waals surface area contributed by atoms with Crippen LogP contribution in [0.5, 0.6) is 0 Å². The van der Waals surface area contributed by atoms with Crippen molar-refractivity contribution in [2.24, 2.45) is 5.92 Å². The molecule has 0 bridgehead atoms. The molecule has 4 unspecified atom stereocenters. The summed E-state index contributed by atoms with van der Waals surface area (Å²) in [4.78, 5) is 49.8. The van der Waals surface area contributed by atoms with Gasteiger partial charge in [-0.3, -0.25) is 28.5 Å². The highest BCUT2D eigenvalue weighted by Gasteiger charge is 2.36. The zero-order chi connectivity index (χ0) is 35.7. The molecule has 1 aromatic rings. The number of esters is 1. The average Bonchev–Trinajstić information content (AvgIpc) is 3.46. The number of hydrogen-bond donors (Lipinski definition) is 4. The van der Waals surface area contributed by atoms with E-state index in [1.54, 1.807) is 0 Å². The van der Waals surface area contributed by atoms with E-state index in [-0.39, 0.29) is 38.1 Å². The van der Waals surface area contributed by atoms with Crippen molar-refractivity contribution in [1.82, 2.24) is 25.0 Å². The van der Waals surface area contributed by atoms with Crippen molar-refractivity contribution in [1.29, 1.82) is 0 Å². The third-order valence-electron chi connectivity index (χ3n) is 7.38. The van der Waals surface area contributed by atoms with E-state index in [2.05, 4.69) is 92.9 Å². The number of unbranched alkanes of at least 4 members (excludes halogenated alkanes) is 1. The van der Waals surface area contributed by atoms with Crippen LogP contribution in [0, 0.1) is 5.92 Å². The van der Waals surface area contributed by atoms with Crippen LogP contribution in [0.25, 0.3) is 0 Å². The Labute approximate surface area is 289 Å². The van der Waals surface area contributed by atoms with Crippen LogP contribution in [-0.2, 0) is 28.2 Å². The summed E-state index contributed by atoms with van der Waals surface area (Å²) < 4.78 is 31.0. The molecule has 1 aliphatic heterocycles. The molecule has 0 spiro atoms. The molecule has 2 rings (SSSR count). The number of aromatic amines is 1. The molecule has 13 nitrogen and oxygen atoms in total. The average molecular weight is 704 g/mol. The van der Waals surface area contributed by atoms with Crippen molar-refractivity contribution in [2.75, 3.05) is 33.4 Å². The molecule has 14 heteroatoms. The number of allylic oxidation sites excluding steroid dienone is 10. The Morgan fingerprint density at radius 1 is 0.980 bits per heavy atom. The molecule has 1 saturated heterocycles. The highest BCUT2D eigenvalue weighted by molar-refractivity contribution is 7.54. The van der Waals surface area contributed by atoms with Crippen LogP contribution >= 0.6 is 7.67 Å². The van der Waals surface area contributed by atoms with Crippen LogP contribution in [0.3, 0.4) is 0 Å². The third kappa shape index (κ3) is 18.1. The van der Waals surface area contributed by atoms with Gasteiger partial charge in [0, 0.05) is 37.7 Å². The predicted octanol–water partition coefficient (Wildman–Crippen LogP) is 4.98. The van der Waals surface area contributed by atoms with E-state index in [1.165, 1.54) is 23.9 Å². The monoisotopic (exact) mass is 703 g/mol. The summed E-state index contributed by atoms with van der Waals surface area (Å²) >= 11 is 0. The normalized spacial score (nSPS) is 19.5. The zero-order valence-electron chi connectivity index (χ0n) is 29.0. The number of H-pyrrole nitrogens is 1. The molecule has 1 fully saturated rings. The molecular formula is C35H54N5O8P. The Morgan fingerprint density at radius 3 is 2.22 bits per heavy atom. The van der Waals surface area contributed by atoms with Crippen LogP contribution in [0.1, 0.15) is 77.9 Å². The van der Waals surface area contributed by atoms with Gasteiger partial charge in [-0.1, -0.05) is 74.6 Å². The van der Waals surface area contributed by atoms with E-state index in [0.717, 1.165) is 38.5 Å². The van der Waals surface area contributed by atoms with Crippen molar-refractivity contribution in [3.05, 3.63) is 93.9 Å². The summed E-state index contributed by atoms with van der Waals surface area (Å²) in [5.41, 5.74) is -1.10. The van der Waals surface area contributed by atoms with Gasteiger partial charge in [0.05, 0.1) is 19.8 Å². The van der Waals surface area contributed by atoms with Crippen molar-refractivity contribution < 1.29 is 28.2 Å². The summed E-state index contributed by atoms with van der Waals surface area (Å²) in [5.74, 6) is -0.845. The number of carbonyl (C=O) groups excluding carboxylic acids is 2. The predicted molar refractivity (Wildman–Crippen MR) is 192 cm³/mol. The molecule has 4 atom stereocenters. The first-order valence-corrected chi connectivity index (χ1v) is 18.6. The van der Waals surface area contributed by atoms with E-state index in [9.17, 15) is 23.7 Å². The number of ether oxygens (including phenoxy) is 2. The molecule has 0 radical (unpaired) electrons. The molecule has 1 amide bonds. The maximum Gasteiger partial charge on any atom is 0.341 e. The summed E-state index contributed by atoms with van der Waals surface area (Å²) in [6.07, 6.45) is 28.8. The summed E-state index contributed by atoms with van der Waals surface area (Å²) in [6, 6.07) is 1.24.